The number of likely N-dealkylation sites (tertiary alicyclic amines) is 1. The van der Waals surface area contributed by atoms with Gasteiger partial charge in [0, 0.05) is 37.7 Å². The Labute approximate surface area is 187 Å². The molecule has 1 unspecified atom stereocenters. The van der Waals surface area contributed by atoms with Gasteiger partial charge < -0.3 is 10.2 Å². The third kappa shape index (κ3) is 4.61. The summed E-state index contributed by atoms with van der Waals surface area (Å²) in [6, 6.07) is 10.6. The molecule has 0 radical (unpaired) electrons. The highest BCUT2D eigenvalue weighted by Crippen LogP contribution is 2.31. The van der Waals surface area contributed by atoms with Gasteiger partial charge in [0.25, 0.3) is 0 Å². The molecule has 1 saturated carbocycles. The van der Waals surface area contributed by atoms with Crippen molar-refractivity contribution < 1.29 is 9.18 Å². The molecule has 6 nitrogen and oxygen atoms in total. The van der Waals surface area contributed by atoms with Crippen LogP contribution in [-0.4, -0.2) is 39.1 Å². The van der Waals surface area contributed by atoms with Gasteiger partial charge >= 0.3 is 0 Å². The van der Waals surface area contributed by atoms with E-state index in [1.807, 2.05) is 6.07 Å². The first kappa shape index (κ1) is 20.9. The Balaban J connectivity index is 1.24. The molecule has 168 valence electrons. The van der Waals surface area contributed by atoms with E-state index in [1.165, 1.54) is 37.8 Å². The lowest BCUT2D eigenvalue weighted by Crippen LogP contribution is -2.39. The first-order valence-corrected chi connectivity index (χ1v) is 11.8. The van der Waals surface area contributed by atoms with Gasteiger partial charge in [-0.15, -0.1) is 0 Å². The van der Waals surface area contributed by atoms with E-state index < -0.39 is 0 Å². The number of amides is 1. The zero-order valence-electron chi connectivity index (χ0n) is 18.3. The quantitative estimate of drug-likeness (QED) is 0.572. The standard InChI is InChI=1S/C25H30FN5O/c26-20-9-7-18(8-10-20)15-27-24-21-11-12-22(28-25(21)30-29-24)19-6-3-13-31(16-19)23(32)14-17-4-1-2-5-17/h7-12,17,19H,1-6,13-16H2,(H2,27,28,29,30). The minimum Gasteiger partial charge on any atom is -0.364 e. The number of piperidine rings is 1. The lowest BCUT2D eigenvalue weighted by molar-refractivity contribution is -0.133. The molecule has 0 spiro atoms. The number of H-pyrrole nitrogens is 1. The van der Waals surface area contributed by atoms with E-state index in [0.717, 1.165) is 54.0 Å². The van der Waals surface area contributed by atoms with E-state index in [-0.39, 0.29) is 11.7 Å². The number of nitrogens with zero attached hydrogens (tertiary/aromatic N) is 3. The molecule has 1 saturated heterocycles. The Morgan fingerprint density at radius 3 is 2.72 bits per heavy atom. The Bertz CT molecular complexity index is 1070. The third-order valence-electron chi connectivity index (χ3n) is 6.95. The third-order valence-corrected chi connectivity index (χ3v) is 6.95. The summed E-state index contributed by atoms with van der Waals surface area (Å²) in [7, 11) is 0. The number of fused-ring (bicyclic) bond motifs is 1. The number of anilines is 1. The molecule has 2 N–H and O–H groups in total. The van der Waals surface area contributed by atoms with Gasteiger partial charge in [-0.2, -0.15) is 5.10 Å². The molecule has 1 atom stereocenters. The average Bonchev–Trinajstić information content (AvgIpc) is 3.48. The van der Waals surface area contributed by atoms with Crippen LogP contribution in [0.2, 0.25) is 0 Å². The molecule has 32 heavy (non-hydrogen) atoms. The number of carbonyl (C=O) groups excluding carboxylic acids is 1. The lowest BCUT2D eigenvalue weighted by Gasteiger charge is -2.33. The summed E-state index contributed by atoms with van der Waals surface area (Å²) < 4.78 is 13.1. The minimum atomic E-state index is -0.239. The molecule has 1 aromatic carbocycles. The maximum Gasteiger partial charge on any atom is 0.222 e. The monoisotopic (exact) mass is 435 g/mol. The highest BCUT2D eigenvalue weighted by molar-refractivity contribution is 5.87. The summed E-state index contributed by atoms with van der Waals surface area (Å²) >= 11 is 0. The van der Waals surface area contributed by atoms with Crippen LogP contribution in [0.1, 0.15) is 62.1 Å². The van der Waals surface area contributed by atoms with Crippen molar-refractivity contribution in [1.29, 1.82) is 0 Å². The molecule has 2 aromatic heterocycles. The Morgan fingerprint density at radius 2 is 1.91 bits per heavy atom. The smallest absolute Gasteiger partial charge is 0.222 e. The van der Waals surface area contributed by atoms with Crippen LogP contribution in [0, 0.1) is 11.7 Å². The van der Waals surface area contributed by atoms with Crippen molar-refractivity contribution in [1.82, 2.24) is 20.1 Å². The zero-order valence-corrected chi connectivity index (χ0v) is 18.3. The fourth-order valence-electron chi connectivity index (χ4n) is 5.11. The molecule has 2 aliphatic rings. The SMILES string of the molecule is O=C(CC1CCCC1)N1CCCC(c2ccc3c(NCc4ccc(F)cc4)n[nH]c3n2)C1. The second-order valence-corrected chi connectivity index (χ2v) is 9.22. The number of aromatic nitrogens is 3. The Kier molecular flexibility index (Phi) is 6.06. The molecule has 1 aliphatic heterocycles. The van der Waals surface area contributed by atoms with Crippen molar-refractivity contribution >= 4 is 22.8 Å². The predicted octanol–water partition coefficient (Wildman–Crippen LogP) is 5.00. The van der Waals surface area contributed by atoms with Crippen LogP contribution in [0.15, 0.2) is 36.4 Å². The van der Waals surface area contributed by atoms with Crippen LogP contribution in [0.3, 0.4) is 0 Å². The first-order valence-electron chi connectivity index (χ1n) is 11.8. The molecule has 2 fully saturated rings. The zero-order chi connectivity index (χ0) is 21.9. The molecular weight excluding hydrogens is 405 g/mol. The average molecular weight is 436 g/mol. The number of halogens is 1. The minimum absolute atomic E-state index is 0.239. The number of nitrogens with one attached hydrogen (secondary N) is 2. The lowest BCUT2D eigenvalue weighted by atomic mass is 9.93. The van der Waals surface area contributed by atoms with Crippen molar-refractivity contribution in [2.45, 2.75) is 57.4 Å². The van der Waals surface area contributed by atoms with E-state index in [1.54, 1.807) is 12.1 Å². The summed E-state index contributed by atoms with van der Waals surface area (Å²) in [6.45, 7) is 2.18. The van der Waals surface area contributed by atoms with Crippen LogP contribution in [0.5, 0.6) is 0 Å². The summed E-state index contributed by atoms with van der Waals surface area (Å²) in [5.41, 5.74) is 2.75. The van der Waals surface area contributed by atoms with E-state index >= 15 is 0 Å². The number of benzene rings is 1. The maximum absolute atomic E-state index is 13.1. The van der Waals surface area contributed by atoms with Gasteiger partial charge in [0.15, 0.2) is 11.5 Å². The molecular formula is C25H30FN5O. The van der Waals surface area contributed by atoms with Gasteiger partial charge in [-0.25, -0.2) is 9.37 Å². The molecule has 7 heteroatoms. The molecule has 1 aliphatic carbocycles. The highest BCUT2D eigenvalue weighted by Gasteiger charge is 2.28. The maximum atomic E-state index is 13.1. The largest absolute Gasteiger partial charge is 0.364 e. The van der Waals surface area contributed by atoms with E-state index in [4.69, 9.17) is 4.98 Å². The molecule has 0 bridgehead atoms. The molecule has 5 rings (SSSR count). The van der Waals surface area contributed by atoms with Crippen molar-refractivity contribution in [2.75, 3.05) is 18.4 Å². The summed E-state index contributed by atoms with van der Waals surface area (Å²) in [6.07, 6.45) is 7.74. The van der Waals surface area contributed by atoms with Crippen molar-refractivity contribution in [3.8, 4) is 0 Å². The van der Waals surface area contributed by atoms with Crippen LogP contribution >= 0.6 is 0 Å². The number of pyridine rings is 1. The summed E-state index contributed by atoms with van der Waals surface area (Å²) in [4.78, 5) is 19.7. The summed E-state index contributed by atoms with van der Waals surface area (Å²) in [5.74, 6) is 1.66. The summed E-state index contributed by atoms with van der Waals surface area (Å²) in [5, 5.41) is 11.6. The van der Waals surface area contributed by atoms with Gasteiger partial charge in [0.1, 0.15) is 5.82 Å². The molecule has 1 amide bonds. The Morgan fingerprint density at radius 1 is 1.09 bits per heavy atom. The van der Waals surface area contributed by atoms with Gasteiger partial charge in [0.05, 0.1) is 5.39 Å². The second kappa shape index (κ2) is 9.27. The number of hydrogen-bond donors (Lipinski definition) is 2. The van der Waals surface area contributed by atoms with Gasteiger partial charge in [-0.3, -0.25) is 9.89 Å². The second-order valence-electron chi connectivity index (χ2n) is 9.22. The van der Waals surface area contributed by atoms with Gasteiger partial charge in [-0.1, -0.05) is 25.0 Å². The number of rotatable bonds is 6. The van der Waals surface area contributed by atoms with Crippen LogP contribution in [0.4, 0.5) is 10.2 Å². The molecule has 3 aromatic rings. The van der Waals surface area contributed by atoms with E-state index in [9.17, 15) is 9.18 Å². The topological polar surface area (TPSA) is 73.9 Å². The van der Waals surface area contributed by atoms with Gasteiger partial charge in [0.2, 0.25) is 5.91 Å². The van der Waals surface area contributed by atoms with Crippen LogP contribution in [-0.2, 0) is 11.3 Å². The molecule has 3 heterocycles. The van der Waals surface area contributed by atoms with E-state index in [2.05, 4.69) is 26.5 Å². The van der Waals surface area contributed by atoms with Crippen LogP contribution in [0.25, 0.3) is 11.0 Å². The number of hydrogen-bond acceptors (Lipinski definition) is 4. The van der Waals surface area contributed by atoms with Crippen LogP contribution < -0.4 is 5.32 Å². The van der Waals surface area contributed by atoms with Crippen molar-refractivity contribution in [3.63, 3.8) is 0 Å². The first-order chi connectivity index (χ1) is 15.7. The predicted molar refractivity (Wildman–Crippen MR) is 123 cm³/mol. The Hall–Kier alpha value is -2.96. The van der Waals surface area contributed by atoms with Crippen molar-refractivity contribution in [2.24, 2.45) is 5.92 Å². The fraction of sp³-hybridized carbons (Fsp3) is 0.480. The number of aromatic amines is 1. The normalized spacial score (nSPS) is 19.5. The van der Waals surface area contributed by atoms with E-state index in [0.29, 0.717) is 24.8 Å². The fourth-order valence-corrected chi connectivity index (χ4v) is 5.11. The highest BCUT2D eigenvalue weighted by atomic mass is 19.1. The van der Waals surface area contributed by atoms with Gasteiger partial charge in [-0.05, 0) is 61.4 Å². The number of carbonyl (C=O) groups is 1. The van der Waals surface area contributed by atoms with Crippen molar-refractivity contribution in [3.05, 3.63) is 53.5 Å².